The first-order valence-corrected chi connectivity index (χ1v) is 5.51. The summed E-state index contributed by atoms with van der Waals surface area (Å²) in [6.07, 6.45) is 1.22. The van der Waals surface area contributed by atoms with Crippen LogP contribution in [-0.2, 0) is 0 Å². The minimum atomic E-state index is 1.10. The molecule has 0 aliphatic rings. The molecule has 1 aromatic carbocycles. The third-order valence-corrected chi connectivity index (χ3v) is 2.81. The molecule has 0 amide bonds. The van der Waals surface area contributed by atoms with Crippen molar-refractivity contribution in [3.05, 3.63) is 29.8 Å². The van der Waals surface area contributed by atoms with Gasteiger partial charge in [0.05, 0.1) is 0 Å². The Kier molecular flexibility index (Phi) is 5.17. The van der Waals surface area contributed by atoms with Crippen molar-refractivity contribution in [2.45, 2.75) is 18.2 Å². The maximum atomic E-state index is 3.03. The van der Waals surface area contributed by atoms with E-state index in [-0.39, 0.29) is 0 Å². The normalized spacial score (nSPS) is 9.15. The topological polar surface area (TPSA) is 0 Å². The van der Waals surface area contributed by atoms with Crippen LogP contribution >= 0.6 is 11.8 Å². The molecule has 1 rings (SSSR count). The zero-order valence-electron chi connectivity index (χ0n) is 8.13. The van der Waals surface area contributed by atoms with Crippen LogP contribution in [0.3, 0.4) is 0 Å². The van der Waals surface area contributed by atoms with Gasteiger partial charge >= 0.3 is 93.8 Å². The molecule has 0 heterocycles. The molecule has 0 aliphatic carbocycles. The van der Waals surface area contributed by atoms with Crippen LogP contribution in [0.1, 0.15) is 18.9 Å². The number of rotatable bonds is 3. The Morgan fingerprint density at radius 3 is 2.54 bits per heavy atom. The summed E-state index contributed by atoms with van der Waals surface area (Å²) in [5.74, 6) is 4.22. The molecule has 0 saturated heterocycles. The number of benzene rings is 1. The first-order chi connectivity index (χ1) is 6.36. The predicted octanol–water partition coefficient (Wildman–Crippen LogP) is 2.67. The zero-order chi connectivity index (χ0) is 9.52. The van der Waals surface area contributed by atoms with E-state index in [0.717, 1.165) is 5.56 Å². The van der Waals surface area contributed by atoms with Crippen molar-refractivity contribution >= 4 is 29.5 Å². The fraction of sp³-hybridized carbons (Fsp3) is 0.273. The van der Waals surface area contributed by atoms with E-state index in [1.807, 2.05) is 29.5 Å². The van der Waals surface area contributed by atoms with Crippen molar-refractivity contribution in [1.82, 2.24) is 0 Å². The van der Waals surface area contributed by atoms with Gasteiger partial charge in [-0.1, -0.05) is 0 Å². The molecule has 0 aromatic heterocycles. The summed E-state index contributed by atoms with van der Waals surface area (Å²) in [4.78, 5) is 1.34. The fourth-order valence-electron chi connectivity index (χ4n) is 0.999. The van der Waals surface area contributed by atoms with Gasteiger partial charge in [-0.05, 0) is 0 Å². The second-order valence-electron chi connectivity index (χ2n) is 2.75. The zero-order valence-corrected chi connectivity index (χ0v) is 8.95. The van der Waals surface area contributed by atoms with E-state index < -0.39 is 0 Å². The van der Waals surface area contributed by atoms with Gasteiger partial charge < -0.3 is 0 Å². The van der Waals surface area contributed by atoms with Crippen LogP contribution < -0.4 is 0 Å². The van der Waals surface area contributed by atoms with Gasteiger partial charge in [-0.15, -0.1) is 0 Å². The van der Waals surface area contributed by atoms with Crippen LogP contribution in [0.25, 0.3) is 0 Å². The maximum absolute atomic E-state index is 3.03. The summed E-state index contributed by atoms with van der Waals surface area (Å²) < 4.78 is 2.89. The van der Waals surface area contributed by atoms with E-state index in [1.54, 1.807) is 0 Å². The quantitative estimate of drug-likeness (QED) is 0.393. The Morgan fingerprint density at radius 2 is 2.00 bits per heavy atom. The van der Waals surface area contributed by atoms with Gasteiger partial charge in [-0.2, -0.15) is 0 Å². The van der Waals surface area contributed by atoms with Gasteiger partial charge in [-0.25, -0.2) is 0 Å². The molecule has 0 spiro atoms. The fourth-order valence-corrected chi connectivity index (χ4v) is 1.77. The average Bonchev–Trinajstić information content (AvgIpc) is 2.17. The SMILES string of the molecule is [Li][C]#Cc1ccc(SCCC)cc1. The Morgan fingerprint density at radius 1 is 1.31 bits per heavy atom. The van der Waals surface area contributed by atoms with Crippen LogP contribution in [-0.4, -0.2) is 23.5 Å². The molecule has 2 heteroatoms. The molecule has 0 bridgehead atoms. The van der Waals surface area contributed by atoms with E-state index in [0.29, 0.717) is 0 Å². The van der Waals surface area contributed by atoms with E-state index in [9.17, 15) is 0 Å². The monoisotopic (exact) mass is 182 g/mol. The summed E-state index contributed by atoms with van der Waals surface area (Å²) in [6.45, 7) is 2.20. The number of thioether (sulfide) groups is 1. The van der Waals surface area contributed by atoms with Crippen molar-refractivity contribution in [2.24, 2.45) is 0 Å². The molecule has 0 atom stereocenters. The van der Waals surface area contributed by atoms with Crippen LogP contribution in [0, 0.1) is 10.5 Å². The van der Waals surface area contributed by atoms with Crippen molar-refractivity contribution in [1.29, 1.82) is 0 Å². The predicted molar refractivity (Wildman–Crippen MR) is 60.1 cm³/mol. The molecule has 0 fully saturated rings. The van der Waals surface area contributed by atoms with E-state index >= 15 is 0 Å². The van der Waals surface area contributed by atoms with Crippen LogP contribution in [0.5, 0.6) is 0 Å². The molecular weight excluding hydrogens is 171 g/mol. The van der Waals surface area contributed by atoms with Crippen LogP contribution in [0.2, 0.25) is 0 Å². The van der Waals surface area contributed by atoms with Crippen LogP contribution in [0.4, 0.5) is 0 Å². The minimum absolute atomic E-state index is 1.10. The molecular formula is C11H11LiS. The summed E-state index contributed by atoms with van der Waals surface area (Å²) in [5.41, 5.74) is 1.10. The average molecular weight is 182 g/mol. The molecule has 0 aliphatic heterocycles. The molecule has 0 radical (unpaired) electrons. The van der Waals surface area contributed by atoms with Gasteiger partial charge in [0.2, 0.25) is 0 Å². The summed E-state index contributed by atoms with van der Waals surface area (Å²) in [6, 6.07) is 8.43. The molecule has 0 unspecified atom stereocenters. The number of hydrogen-bond acceptors (Lipinski definition) is 1. The Bertz CT molecular complexity index is 305. The first kappa shape index (κ1) is 10.8. The molecule has 62 valence electrons. The summed E-state index contributed by atoms with van der Waals surface area (Å²) in [7, 11) is 0. The third-order valence-electron chi connectivity index (χ3n) is 1.60. The van der Waals surface area contributed by atoms with Gasteiger partial charge in [0.1, 0.15) is 0 Å². The van der Waals surface area contributed by atoms with Gasteiger partial charge in [0.15, 0.2) is 0 Å². The summed E-state index contributed by atoms with van der Waals surface area (Å²) in [5, 5.41) is 0. The van der Waals surface area contributed by atoms with Crippen molar-refractivity contribution < 1.29 is 0 Å². The van der Waals surface area contributed by atoms with Crippen molar-refractivity contribution in [3.63, 3.8) is 0 Å². The van der Waals surface area contributed by atoms with Crippen molar-refractivity contribution in [3.8, 4) is 10.5 Å². The Hall–Kier alpha value is -0.273. The van der Waals surface area contributed by atoms with Gasteiger partial charge in [-0.3, -0.25) is 0 Å². The molecule has 13 heavy (non-hydrogen) atoms. The van der Waals surface area contributed by atoms with E-state index in [1.165, 1.54) is 17.1 Å². The van der Waals surface area contributed by atoms with Gasteiger partial charge in [0.25, 0.3) is 0 Å². The molecule has 0 saturated carbocycles. The Labute approximate surface area is 93.7 Å². The van der Waals surface area contributed by atoms with E-state index in [2.05, 4.69) is 41.7 Å². The number of hydrogen-bond donors (Lipinski definition) is 0. The molecule has 0 nitrogen and oxygen atoms in total. The first-order valence-electron chi connectivity index (χ1n) is 4.52. The molecule has 1 aromatic rings. The second kappa shape index (κ2) is 6.22. The molecule has 0 N–H and O–H groups in total. The van der Waals surface area contributed by atoms with Gasteiger partial charge in [0, 0.05) is 0 Å². The standard InChI is InChI=1S/C11H11S.Li/c1-3-9-12-11-7-5-10(4-2)6-8-11;/h5-8H,3,9H2,1H3;. The van der Waals surface area contributed by atoms with E-state index in [4.69, 9.17) is 0 Å². The van der Waals surface area contributed by atoms with Crippen molar-refractivity contribution in [2.75, 3.05) is 5.75 Å². The summed E-state index contributed by atoms with van der Waals surface area (Å²) >= 11 is 3.76. The second-order valence-corrected chi connectivity index (χ2v) is 3.92. The third kappa shape index (κ3) is 3.97. The Balaban J connectivity index is 2.62. The van der Waals surface area contributed by atoms with Crippen LogP contribution in [0.15, 0.2) is 29.2 Å².